The molecule has 0 aromatic carbocycles. The van der Waals surface area contributed by atoms with Crippen molar-refractivity contribution >= 4 is 5.96 Å². The molecule has 0 amide bonds. The second-order valence-electron chi connectivity index (χ2n) is 7.21. The van der Waals surface area contributed by atoms with E-state index in [2.05, 4.69) is 34.1 Å². The summed E-state index contributed by atoms with van der Waals surface area (Å²) in [6.45, 7) is 11.2. The van der Waals surface area contributed by atoms with Crippen LogP contribution in [0.25, 0.3) is 0 Å². The summed E-state index contributed by atoms with van der Waals surface area (Å²) in [5.74, 6) is 2.42. The van der Waals surface area contributed by atoms with E-state index >= 15 is 0 Å². The number of morpholine rings is 1. The van der Waals surface area contributed by atoms with E-state index in [1.54, 1.807) is 0 Å². The first-order valence-corrected chi connectivity index (χ1v) is 9.48. The van der Waals surface area contributed by atoms with Crippen LogP contribution in [-0.4, -0.2) is 89.0 Å². The molecule has 1 unspecified atom stereocenters. The lowest BCUT2D eigenvalue weighted by Crippen LogP contribution is -2.44. The van der Waals surface area contributed by atoms with Gasteiger partial charge in [0.2, 0.25) is 0 Å². The Morgan fingerprint density at radius 1 is 1.21 bits per heavy atom. The summed E-state index contributed by atoms with van der Waals surface area (Å²) < 4.78 is 10.9. The van der Waals surface area contributed by atoms with Crippen molar-refractivity contribution in [1.29, 1.82) is 0 Å². The highest BCUT2D eigenvalue weighted by atomic mass is 16.5. The summed E-state index contributed by atoms with van der Waals surface area (Å²) in [5, 5.41) is 3.54. The molecule has 6 heteroatoms. The lowest BCUT2D eigenvalue weighted by atomic mass is 9.96. The maximum atomic E-state index is 5.44. The Bertz CT molecular complexity index is 366. The lowest BCUT2D eigenvalue weighted by molar-refractivity contribution is 0.0320. The molecule has 140 valence electrons. The third kappa shape index (κ3) is 6.95. The Labute approximate surface area is 147 Å². The number of nitrogens with zero attached hydrogens (tertiary/aromatic N) is 3. The van der Waals surface area contributed by atoms with Gasteiger partial charge in [0.05, 0.1) is 13.2 Å². The van der Waals surface area contributed by atoms with Crippen LogP contribution < -0.4 is 5.32 Å². The topological polar surface area (TPSA) is 49.3 Å². The monoisotopic (exact) mass is 340 g/mol. The Kier molecular flexibility index (Phi) is 8.84. The van der Waals surface area contributed by atoms with Crippen LogP contribution in [0.3, 0.4) is 0 Å². The predicted octanol–water partition coefficient (Wildman–Crippen LogP) is 1.28. The van der Waals surface area contributed by atoms with Crippen molar-refractivity contribution in [3.63, 3.8) is 0 Å². The van der Waals surface area contributed by atoms with Gasteiger partial charge in [0, 0.05) is 60.0 Å². The van der Waals surface area contributed by atoms with E-state index in [9.17, 15) is 0 Å². The van der Waals surface area contributed by atoms with E-state index in [-0.39, 0.29) is 0 Å². The highest BCUT2D eigenvalue weighted by molar-refractivity contribution is 5.79. The van der Waals surface area contributed by atoms with Gasteiger partial charge < -0.3 is 19.7 Å². The SMILES string of the molecule is CN=C(NCC(C)CN1CCOCC1)N(C)CCC1CCOCC1. The number of ether oxygens (including phenoxy) is 2. The molecule has 2 aliphatic rings. The van der Waals surface area contributed by atoms with Gasteiger partial charge in [-0.1, -0.05) is 6.92 Å². The number of guanidine groups is 1. The van der Waals surface area contributed by atoms with E-state index in [1.807, 2.05) is 7.05 Å². The fraction of sp³-hybridized carbons (Fsp3) is 0.944. The average Bonchev–Trinajstić information content (AvgIpc) is 2.62. The summed E-state index contributed by atoms with van der Waals surface area (Å²) >= 11 is 0. The van der Waals surface area contributed by atoms with Gasteiger partial charge in [0.1, 0.15) is 0 Å². The van der Waals surface area contributed by atoms with Crippen LogP contribution in [0, 0.1) is 11.8 Å². The van der Waals surface area contributed by atoms with Crippen molar-refractivity contribution in [2.75, 3.05) is 73.2 Å². The molecule has 2 aliphatic heterocycles. The molecule has 2 heterocycles. The van der Waals surface area contributed by atoms with Crippen LogP contribution in [0.15, 0.2) is 4.99 Å². The Hall–Kier alpha value is -0.850. The van der Waals surface area contributed by atoms with Crippen LogP contribution in [0.4, 0.5) is 0 Å². The largest absolute Gasteiger partial charge is 0.381 e. The fourth-order valence-corrected chi connectivity index (χ4v) is 3.46. The molecule has 2 fully saturated rings. The smallest absolute Gasteiger partial charge is 0.193 e. The van der Waals surface area contributed by atoms with E-state index in [1.165, 1.54) is 19.3 Å². The van der Waals surface area contributed by atoms with Crippen LogP contribution in [-0.2, 0) is 9.47 Å². The third-order valence-electron chi connectivity index (χ3n) is 5.07. The fourth-order valence-electron chi connectivity index (χ4n) is 3.46. The van der Waals surface area contributed by atoms with E-state index < -0.39 is 0 Å². The Morgan fingerprint density at radius 3 is 2.54 bits per heavy atom. The van der Waals surface area contributed by atoms with Gasteiger partial charge in [-0.25, -0.2) is 0 Å². The van der Waals surface area contributed by atoms with Crippen molar-refractivity contribution in [3.05, 3.63) is 0 Å². The molecule has 0 spiro atoms. The van der Waals surface area contributed by atoms with Gasteiger partial charge in [0.25, 0.3) is 0 Å². The van der Waals surface area contributed by atoms with Gasteiger partial charge in [-0.15, -0.1) is 0 Å². The first-order valence-electron chi connectivity index (χ1n) is 9.48. The molecule has 0 aromatic rings. The minimum Gasteiger partial charge on any atom is -0.381 e. The number of aliphatic imine (C=N–C) groups is 1. The number of nitrogens with one attached hydrogen (secondary N) is 1. The first kappa shape index (κ1) is 19.5. The lowest BCUT2D eigenvalue weighted by Gasteiger charge is -2.30. The van der Waals surface area contributed by atoms with Crippen LogP contribution >= 0.6 is 0 Å². The average molecular weight is 341 g/mol. The van der Waals surface area contributed by atoms with Gasteiger partial charge in [-0.05, 0) is 31.1 Å². The molecular formula is C18H36N4O2. The van der Waals surface area contributed by atoms with Gasteiger partial charge in [-0.2, -0.15) is 0 Å². The second kappa shape index (κ2) is 10.9. The third-order valence-corrected chi connectivity index (χ3v) is 5.07. The molecule has 1 atom stereocenters. The summed E-state index contributed by atoms with van der Waals surface area (Å²) in [6.07, 6.45) is 3.64. The minimum absolute atomic E-state index is 0.601. The van der Waals surface area contributed by atoms with Gasteiger partial charge in [0.15, 0.2) is 5.96 Å². The molecule has 0 saturated carbocycles. The summed E-state index contributed by atoms with van der Waals surface area (Å²) in [5.41, 5.74) is 0. The van der Waals surface area contributed by atoms with E-state index in [0.717, 1.165) is 71.0 Å². The van der Waals surface area contributed by atoms with Gasteiger partial charge in [-0.3, -0.25) is 9.89 Å². The van der Waals surface area contributed by atoms with Crippen LogP contribution in [0.2, 0.25) is 0 Å². The Morgan fingerprint density at radius 2 is 1.88 bits per heavy atom. The summed E-state index contributed by atoms with van der Waals surface area (Å²) in [4.78, 5) is 9.20. The highest BCUT2D eigenvalue weighted by Gasteiger charge is 2.17. The molecule has 24 heavy (non-hydrogen) atoms. The zero-order valence-electron chi connectivity index (χ0n) is 15.8. The minimum atomic E-state index is 0.601. The zero-order chi connectivity index (χ0) is 17.2. The number of rotatable bonds is 7. The summed E-state index contributed by atoms with van der Waals surface area (Å²) in [7, 11) is 4.02. The summed E-state index contributed by atoms with van der Waals surface area (Å²) in [6, 6.07) is 0. The number of hydrogen-bond donors (Lipinski definition) is 1. The van der Waals surface area contributed by atoms with E-state index in [0.29, 0.717) is 5.92 Å². The highest BCUT2D eigenvalue weighted by Crippen LogP contribution is 2.18. The van der Waals surface area contributed by atoms with Crippen molar-refractivity contribution in [3.8, 4) is 0 Å². The molecule has 0 bridgehead atoms. The molecule has 0 aromatic heterocycles. The molecule has 0 aliphatic carbocycles. The molecule has 2 rings (SSSR count). The van der Waals surface area contributed by atoms with Crippen molar-refractivity contribution in [2.45, 2.75) is 26.2 Å². The molecular weight excluding hydrogens is 304 g/mol. The van der Waals surface area contributed by atoms with Gasteiger partial charge >= 0.3 is 0 Å². The normalized spacial score (nSPS) is 22.4. The van der Waals surface area contributed by atoms with Crippen LogP contribution in [0.1, 0.15) is 26.2 Å². The predicted molar refractivity (Wildman–Crippen MR) is 98.6 cm³/mol. The maximum Gasteiger partial charge on any atom is 0.193 e. The molecule has 6 nitrogen and oxygen atoms in total. The van der Waals surface area contributed by atoms with Crippen molar-refractivity contribution in [2.24, 2.45) is 16.8 Å². The maximum absolute atomic E-state index is 5.44. The van der Waals surface area contributed by atoms with Crippen LogP contribution in [0.5, 0.6) is 0 Å². The number of hydrogen-bond acceptors (Lipinski definition) is 4. The van der Waals surface area contributed by atoms with Crippen molar-refractivity contribution < 1.29 is 9.47 Å². The molecule has 1 N–H and O–H groups in total. The molecule has 2 saturated heterocycles. The first-order chi connectivity index (χ1) is 11.7. The second-order valence-corrected chi connectivity index (χ2v) is 7.21. The van der Waals surface area contributed by atoms with E-state index in [4.69, 9.17) is 9.47 Å². The Balaban J connectivity index is 1.64. The van der Waals surface area contributed by atoms with Crippen molar-refractivity contribution in [1.82, 2.24) is 15.1 Å². The quantitative estimate of drug-likeness (QED) is 0.559. The zero-order valence-corrected chi connectivity index (χ0v) is 15.8. The molecule has 0 radical (unpaired) electrons. The standard InChI is InChI=1S/C18H36N4O2/c1-16(15-22-8-12-24-13-9-22)14-20-18(19-2)21(3)7-4-17-5-10-23-11-6-17/h16-17H,4-15H2,1-3H3,(H,19,20).